The predicted molar refractivity (Wildman–Crippen MR) is 96.7 cm³/mol. The summed E-state index contributed by atoms with van der Waals surface area (Å²) in [6.45, 7) is 6.15. The van der Waals surface area contributed by atoms with Crippen molar-refractivity contribution in [1.29, 1.82) is 0 Å². The average Bonchev–Trinajstić information content (AvgIpc) is 2.93. The van der Waals surface area contributed by atoms with Crippen LogP contribution in [0.2, 0.25) is 0 Å². The van der Waals surface area contributed by atoms with Crippen molar-refractivity contribution >= 4 is 10.9 Å². The summed E-state index contributed by atoms with van der Waals surface area (Å²) in [6, 6.07) is 9.12. The number of benzene rings is 1. The van der Waals surface area contributed by atoms with Crippen molar-refractivity contribution in [2.75, 3.05) is 6.61 Å². The van der Waals surface area contributed by atoms with E-state index >= 15 is 0 Å². The van der Waals surface area contributed by atoms with Crippen molar-refractivity contribution < 1.29 is 4.84 Å². The molecule has 6 heteroatoms. The SMILES string of the molecule is C#CCOn1c(-n2nc(CC(C)C)cc2C)nc2ccccc2c1=O. The first-order valence-electron chi connectivity index (χ1n) is 8.15. The first kappa shape index (κ1) is 16.8. The molecule has 0 bridgehead atoms. The monoisotopic (exact) mass is 336 g/mol. The summed E-state index contributed by atoms with van der Waals surface area (Å²) in [4.78, 5) is 22.9. The van der Waals surface area contributed by atoms with E-state index < -0.39 is 0 Å². The maximum absolute atomic E-state index is 12.8. The fourth-order valence-corrected chi connectivity index (χ4v) is 2.72. The summed E-state index contributed by atoms with van der Waals surface area (Å²) in [5.74, 6) is 3.15. The highest BCUT2D eigenvalue weighted by molar-refractivity contribution is 5.77. The van der Waals surface area contributed by atoms with Crippen LogP contribution < -0.4 is 10.4 Å². The van der Waals surface area contributed by atoms with Gasteiger partial charge in [-0.15, -0.1) is 11.2 Å². The minimum Gasteiger partial charge on any atom is -0.394 e. The van der Waals surface area contributed by atoms with E-state index in [0.717, 1.165) is 22.5 Å². The molecule has 0 atom stereocenters. The molecule has 0 fully saturated rings. The van der Waals surface area contributed by atoms with Gasteiger partial charge in [0.25, 0.3) is 11.5 Å². The zero-order valence-corrected chi connectivity index (χ0v) is 14.6. The maximum Gasteiger partial charge on any atom is 0.296 e. The molecule has 0 spiro atoms. The molecule has 0 aliphatic rings. The van der Waals surface area contributed by atoms with Gasteiger partial charge in [-0.1, -0.05) is 31.9 Å². The van der Waals surface area contributed by atoms with Gasteiger partial charge in [0, 0.05) is 5.69 Å². The summed E-state index contributed by atoms with van der Waals surface area (Å²) in [6.07, 6.45) is 6.13. The molecule has 0 aliphatic carbocycles. The smallest absolute Gasteiger partial charge is 0.296 e. The van der Waals surface area contributed by atoms with Crippen LogP contribution >= 0.6 is 0 Å². The third kappa shape index (κ3) is 3.26. The number of hydrogen-bond donors (Lipinski definition) is 0. The van der Waals surface area contributed by atoms with E-state index in [9.17, 15) is 4.79 Å². The Morgan fingerprint density at radius 3 is 2.80 bits per heavy atom. The molecule has 3 rings (SSSR count). The molecule has 0 aliphatic heterocycles. The lowest BCUT2D eigenvalue weighted by Gasteiger charge is -2.13. The van der Waals surface area contributed by atoms with Crippen LogP contribution in [0.5, 0.6) is 0 Å². The number of fused-ring (bicyclic) bond motifs is 1. The Morgan fingerprint density at radius 1 is 1.32 bits per heavy atom. The predicted octanol–water partition coefficient (Wildman–Crippen LogP) is 2.15. The molecule has 0 saturated heterocycles. The molecular formula is C19H20N4O2. The van der Waals surface area contributed by atoms with Crippen molar-refractivity contribution in [3.63, 3.8) is 0 Å². The van der Waals surface area contributed by atoms with Crippen molar-refractivity contribution in [3.8, 4) is 18.3 Å². The van der Waals surface area contributed by atoms with Crippen LogP contribution in [-0.4, -0.2) is 26.1 Å². The Kier molecular flexibility index (Phi) is 4.57. The summed E-state index contributed by atoms with van der Waals surface area (Å²) in [7, 11) is 0. The van der Waals surface area contributed by atoms with Gasteiger partial charge in [0.05, 0.1) is 16.6 Å². The molecule has 2 aromatic heterocycles. The highest BCUT2D eigenvalue weighted by Crippen LogP contribution is 2.15. The zero-order chi connectivity index (χ0) is 18.0. The van der Waals surface area contributed by atoms with E-state index in [1.165, 1.54) is 0 Å². The third-order valence-corrected chi connectivity index (χ3v) is 3.74. The first-order chi connectivity index (χ1) is 12.0. The third-order valence-electron chi connectivity index (χ3n) is 3.74. The van der Waals surface area contributed by atoms with Crippen LogP contribution in [0.15, 0.2) is 35.1 Å². The fraction of sp³-hybridized carbons (Fsp3) is 0.316. The second kappa shape index (κ2) is 6.81. The van der Waals surface area contributed by atoms with Gasteiger partial charge in [-0.25, -0.2) is 9.67 Å². The van der Waals surface area contributed by atoms with Crippen LogP contribution in [0.25, 0.3) is 16.9 Å². The van der Waals surface area contributed by atoms with Gasteiger partial charge in [-0.3, -0.25) is 4.79 Å². The summed E-state index contributed by atoms with van der Waals surface area (Å²) in [5, 5.41) is 5.07. The number of rotatable bonds is 5. The van der Waals surface area contributed by atoms with Gasteiger partial charge in [0.1, 0.15) is 0 Å². The van der Waals surface area contributed by atoms with Gasteiger partial charge in [-0.05, 0) is 37.5 Å². The molecule has 0 amide bonds. The van der Waals surface area contributed by atoms with Crippen molar-refractivity contribution in [2.24, 2.45) is 5.92 Å². The quantitative estimate of drug-likeness (QED) is 0.670. The number of nitrogens with zero attached hydrogens (tertiary/aromatic N) is 4. The second-order valence-electron chi connectivity index (χ2n) is 6.29. The fourth-order valence-electron chi connectivity index (χ4n) is 2.72. The molecule has 0 saturated carbocycles. The van der Waals surface area contributed by atoms with E-state index in [1.807, 2.05) is 19.1 Å². The van der Waals surface area contributed by atoms with E-state index in [2.05, 4.69) is 29.9 Å². The van der Waals surface area contributed by atoms with Gasteiger partial charge in [0.15, 0.2) is 6.61 Å². The van der Waals surface area contributed by atoms with E-state index in [4.69, 9.17) is 11.3 Å². The summed E-state index contributed by atoms with van der Waals surface area (Å²) in [5.41, 5.74) is 2.09. The van der Waals surface area contributed by atoms with Crippen LogP contribution in [0.1, 0.15) is 25.2 Å². The number of aromatic nitrogens is 4. The molecule has 3 aromatic rings. The lowest BCUT2D eigenvalue weighted by Crippen LogP contribution is -2.32. The number of hydrogen-bond acceptors (Lipinski definition) is 4. The average molecular weight is 336 g/mol. The molecule has 0 radical (unpaired) electrons. The molecule has 2 heterocycles. The Morgan fingerprint density at radius 2 is 2.08 bits per heavy atom. The Bertz CT molecular complexity index is 1010. The number of terminal acetylenes is 1. The molecule has 6 nitrogen and oxygen atoms in total. The second-order valence-corrected chi connectivity index (χ2v) is 6.29. The van der Waals surface area contributed by atoms with Crippen LogP contribution in [0.4, 0.5) is 0 Å². The summed E-state index contributed by atoms with van der Waals surface area (Å²) >= 11 is 0. The van der Waals surface area contributed by atoms with Gasteiger partial charge >= 0.3 is 0 Å². The minimum atomic E-state index is -0.309. The topological polar surface area (TPSA) is 61.9 Å². The molecule has 1 aromatic carbocycles. The van der Waals surface area contributed by atoms with Crippen molar-refractivity contribution in [1.82, 2.24) is 19.5 Å². The van der Waals surface area contributed by atoms with Crippen molar-refractivity contribution in [3.05, 3.63) is 52.1 Å². The highest BCUT2D eigenvalue weighted by atomic mass is 16.7. The van der Waals surface area contributed by atoms with Gasteiger partial charge in [0.2, 0.25) is 0 Å². The number of aryl methyl sites for hydroxylation is 1. The summed E-state index contributed by atoms with van der Waals surface area (Å²) < 4.78 is 2.75. The van der Waals surface area contributed by atoms with Gasteiger partial charge in [-0.2, -0.15) is 5.10 Å². The lowest BCUT2D eigenvalue weighted by molar-refractivity contribution is 0.126. The number of para-hydroxylation sites is 1. The van der Waals surface area contributed by atoms with Crippen LogP contribution in [0, 0.1) is 25.2 Å². The van der Waals surface area contributed by atoms with Gasteiger partial charge < -0.3 is 4.84 Å². The Hall–Kier alpha value is -3.07. The Labute approximate surface area is 146 Å². The molecule has 0 unspecified atom stereocenters. The maximum atomic E-state index is 12.8. The van der Waals surface area contributed by atoms with Crippen molar-refractivity contribution in [2.45, 2.75) is 27.2 Å². The van der Waals surface area contributed by atoms with E-state index in [0.29, 0.717) is 22.8 Å². The molecular weight excluding hydrogens is 316 g/mol. The van der Waals surface area contributed by atoms with E-state index in [-0.39, 0.29) is 12.2 Å². The zero-order valence-electron chi connectivity index (χ0n) is 14.6. The first-order valence-corrected chi connectivity index (χ1v) is 8.15. The Balaban J connectivity index is 2.22. The molecule has 25 heavy (non-hydrogen) atoms. The molecule has 128 valence electrons. The largest absolute Gasteiger partial charge is 0.394 e. The molecule has 0 N–H and O–H groups in total. The lowest BCUT2D eigenvalue weighted by atomic mass is 10.1. The van der Waals surface area contributed by atoms with Crippen LogP contribution in [-0.2, 0) is 6.42 Å². The standard InChI is InChI=1S/C19H20N4O2/c1-5-10-25-23-18(24)16-8-6-7-9-17(16)20-19(23)22-14(4)12-15(21-22)11-13(2)3/h1,6-9,12-13H,10-11H2,2-4H3. The van der Waals surface area contributed by atoms with E-state index in [1.54, 1.807) is 22.9 Å². The minimum absolute atomic E-state index is 0.0356. The highest BCUT2D eigenvalue weighted by Gasteiger charge is 2.17. The van der Waals surface area contributed by atoms with Crippen LogP contribution in [0.3, 0.4) is 0 Å². The normalized spacial score (nSPS) is 11.0.